The third-order valence-electron chi connectivity index (χ3n) is 4.71. The molecule has 3 rings (SSSR count). The van der Waals surface area contributed by atoms with Gasteiger partial charge in [-0.25, -0.2) is 9.78 Å². The van der Waals surface area contributed by atoms with Crippen LogP contribution in [-0.4, -0.2) is 52.0 Å². The minimum absolute atomic E-state index is 0.234. The minimum atomic E-state index is -0.998. The molecule has 1 fully saturated rings. The molecule has 1 aromatic carbocycles. The molecular formula is C21H23N3O5. The number of anilines is 1. The summed E-state index contributed by atoms with van der Waals surface area (Å²) in [6, 6.07) is 8.89. The molecule has 29 heavy (non-hydrogen) atoms. The van der Waals surface area contributed by atoms with Gasteiger partial charge in [0.25, 0.3) is 11.8 Å². The Bertz CT molecular complexity index is 915. The van der Waals surface area contributed by atoms with Gasteiger partial charge in [0.05, 0.1) is 6.61 Å². The predicted molar refractivity (Wildman–Crippen MR) is 106 cm³/mol. The first kappa shape index (κ1) is 20.3. The maximum absolute atomic E-state index is 12.9. The summed E-state index contributed by atoms with van der Waals surface area (Å²) in [5.41, 5.74) is 1.04. The van der Waals surface area contributed by atoms with Gasteiger partial charge in [0.2, 0.25) is 5.88 Å². The first-order valence-corrected chi connectivity index (χ1v) is 9.54. The van der Waals surface area contributed by atoms with E-state index in [2.05, 4.69) is 10.3 Å². The lowest BCUT2D eigenvalue weighted by Gasteiger charge is -2.33. The van der Waals surface area contributed by atoms with Crippen LogP contribution in [-0.2, 0) is 4.79 Å². The number of nitrogens with zero attached hydrogens (tertiary/aromatic N) is 2. The Hall–Kier alpha value is -3.42. The number of carboxylic acid groups (broad SMARTS) is 1. The van der Waals surface area contributed by atoms with E-state index in [9.17, 15) is 19.5 Å². The maximum atomic E-state index is 12.9. The van der Waals surface area contributed by atoms with Crippen LogP contribution in [0, 0.1) is 0 Å². The zero-order chi connectivity index (χ0) is 20.8. The number of amides is 2. The standard InChI is InChI=1S/C21H23N3O5/c1-2-29-19-16(9-6-11-22-19)18(25)23-15-8-5-7-14(13-15)20(26)24-12-4-3-10-17(24)21(27)28/h5-9,11,13,17H,2-4,10,12H2,1H3,(H,23,25)(H,27,28). The van der Waals surface area contributed by atoms with E-state index in [4.69, 9.17) is 4.74 Å². The van der Waals surface area contributed by atoms with Gasteiger partial charge >= 0.3 is 5.97 Å². The maximum Gasteiger partial charge on any atom is 0.326 e. The van der Waals surface area contributed by atoms with Gasteiger partial charge in [0.15, 0.2) is 0 Å². The first-order valence-electron chi connectivity index (χ1n) is 9.54. The Labute approximate surface area is 168 Å². The zero-order valence-electron chi connectivity index (χ0n) is 16.1. The monoisotopic (exact) mass is 397 g/mol. The molecule has 2 aromatic rings. The molecule has 8 nitrogen and oxygen atoms in total. The average molecular weight is 397 g/mol. The van der Waals surface area contributed by atoms with E-state index in [0.717, 1.165) is 12.8 Å². The number of aliphatic carboxylic acids is 1. The Morgan fingerprint density at radius 2 is 2.07 bits per heavy atom. The lowest BCUT2D eigenvalue weighted by atomic mass is 10.0. The number of likely N-dealkylation sites (tertiary alicyclic amines) is 1. The highest BCUT2D eigenvalue weighted by Gasteiger charge is 2.32. The van der Waals surface area contributed by atoms with E-state index < -0.39 is 17.9 Å². The third kappa shape index (κ3) is 4.71. The van der Waals surface area contributed by atoms with Gasteiger partial charge in [-0.1, -0.05) is 6.07 Å². The highest BCUT2D eigenvalue weighted by atomic mass is 16.5. The summed E-state index contributed by atoms with van der Waals surface area (Å²) in [6.45, 7) is 2.58. The fraction of sp³-hybridized carbons (Fsp3) is 0.333. The van der Waals surface area contributed by atoms with Crippen molar-refractivity contribution in [2.45, 2.75) is 32.2 Å². The van der Waals surface area contributed by atoms with E-state index in [1.807, 2.05) is 0 Å². The fourth-order valence-corrected chi connectivity index (χ4v) is 3.34. The number of carbonyl (C=O) groups is 3. The van der Waals surface area contributed by atoms with Crippen molar-refractivity contribution < 1.29 is 24.2 Å². The SMILES string of the molecule is CCOc1ncccc1C(=O)Nc1cccc(C(=O)N2CCCCC2C(=O)O)c1. The molecule has 0 bridgehead atoms. The summed E-state index contributed by atoms with van der Waals surface area (Å²) >= 11 is 0. The van der Waals surface area contributed by atoms with Crippen molar-refractivity contribution in [3.63, 3.8) is 0 Å². The molecule has 0 spiro atoms. The van der Waals surface area contributed by atoms with Crippen LogP contribution in [0.1, 0.15) is 46.9 Å². The van der Waals surface area contributed by atoms with Gasteiger partial charge in [-0.05, 0) is 56.5 Å². The molecule has 0 saturated carbocycles. The van der Waals surface area contributed by atoms with Crippen LogP contribution >= 0.6 is 0 Å². The molecular weight excluding hydrogens is 374 g/mol. The Balaban J connectivity index is 1.78. The van der Waals surface area contributed by atoms with Gasteiger partial charge < -0.3 is 20.1 Å². The van der Waals surface area contributed by atoms with Crippen molar-refractivity contribution in [1.82, 2.24) is 9.88 Å². The molecule has 8 heteroatoms. The first-order chi connectivity index (χ1) is 14.0. The summed E-state index contributed by atoms with van der Waals surface area (Å²) < 4.78 is 5.38. The predicted octanol–water partition coefficient (Wildman–Crippen LogP) is 2.81. The second-order valence-electron chi connectivity index (χ2n) is 6.67. The van der Waals surface area contributed by atoms with Crippen molar-refractivity contribution in [2.24, 2.45) is 0 Å². The summed E-state index contributed by atoms with van der Waals surface area (Å²) in [6.07, 6.45) is 3.54. The average Bonchev–Trinajstić information content (AvgIpc) is 2.74. The molecule has 1 aliphatic heterocycles. The molecule has 152 valence electrons. The number of carbonyl (C=O) groups excluding carboxylic acids is 2. The minimum Gasteiger partial charge on any atom is -0.480 e. The molecule has 2 amide bonds. The van der Waals surface area contributed by atoms with Crippen LogP contribution in [0.3, 0.4) is 0 Å². The van der Waals surface area contributed by atoms with Gasteiger partial charge in [0.1, 0.15) is 11.6 Å². The van der Waals surface area contributed by atoms with Crippen molar-refractivity contribution in [3.05, 3.63) is 53.7 Å². The summed E-state index contributed by atoms with van der Waals surface area (Å²) in [7, 11) is 0. The van der Waals surface area contributed by atoms with Crippen molar-refractivity contribution in [2.75, 3.05) is 18.5 Å². The van der Waals surface area contributed by atoms with Crippen molar-refractivity contribution in [1.29, 1.82) is 0 Å². The van der Waals surface area contributed by atoms with Gasteiger partial charge in [-0.2, -0.15) is 0 Å². The zero-order valence-corrected chi connectivity index (χ0v) is 16.1. The lowest BCUT2D eigenvalue weighted by Crippen LogP contribution is -2.48. The van der Waals surface area contributed by atoms with Crippen LogP contribution in [0.25, 0.3) is 0 Å². The van der Waals surface area contributed by atoms with Crippen LogP contribution < -0.4 is 10.1 Å². The summed E-state index contributed by atoms with van der Waals surface area (Å²) in [5, 5.41) is 12.1. The van der Waals surface area contributed by atoms with Crippen molar-refractivity contribution in [3.8, 4) is 5.88 Å². The highest BCUT2D eigenvalue weighted by Crippen LogP contribution is 2.22. The van der Waals surface area contributed by atoms with Crippen molar-refractivity contribution >= 4 is 23.5 Å². The van der Waals surface area contributed by atoms with Crippen LogP contribution in [0.2, 0.25) is 0 Å². The van der Waals surface area contributed by atoms with Gasteiger partial charge in [0, 0.05) is 24.0 Å². The quantitative estimate of drug-likeness (QED) is 0.776. The molecule has 0 radical (unpaired) electrons. The number of hydrogen-bond acceptors (Lipinski definition) is 5. The van der Waals surface area contributed by atoms with E-state index in [0.29, 0.717) is 30.8 Å². The number of pyridine rings is 1. The topological polar surface area (TPSA) is 109 Å². The number of piperidine rings is 1. The molecule has 0 aliphatic carbocycles. The van der Waals surface area contributed by atoms with Gasteiger partial charge in [-0.3, -0.25) is 9.59 Å². The Kier molecular flexibility index (Phi) is 6.43. The number of aromatic nitrogens is 1. The second kappa shape index (κ2) is 9.18. The van der Waals surface area contributed by atoms with E-state index in [-0.39, 0.29) is 17.4 Å². The van der Waals surface area contributed by atoms with E-state index in [1.165, 1.54) is 4.90 Å². The molecule has 1 unspecified atom stereocenters. The normalized spacial score (nSPS) is 16.2. The summed E-state index contributed by atoms with van der Waals surface area (Å²) in [4.78, 5) is 42.5. The molecule has 2 N–H and O–H groups in total. The smallest absolute Gasteiger partial charge is 0.326 e. The number of hydrogen-bond donors (Lipinski definition) is 2. The molecule has 1 atom stereocenters. The fourth-order valence-electron chi connectivity index (χ4n) is 3.34. The molecule has 1 aromatic heterocycles. The molecule has 1 saturated heterocycles. The highest BCUT2D eigenvalue weighted by molar-refractivity contribution is 6.06. The number of rotatable bonds is 6. The third-order valence-corrected chi connectivity index (χ3v) is 4.71. The number of ether oxygens (including phenoxy) is 1. The molecule has 2 heterocycles. The number of nitrogens with one attached hydrogen (secondary N) is 1. The second-order valence-corrected chi connectivity index (χ2v) is 6.67. The largest absolute Gasteiger partial charge is 0.480 e. The Morgan fingerprint density at radius 1 is 1.24 bits per heavy atom. The number of carboxylic acids is 1. The van der Waals surface area contributed by atoms with Crippen LogP contribution in [0.5, 0.6) is 5.88 Å². The van der Waals surface area contributed by atoms with Crippen LogP contribution in [0.4, 0.5) is 5.69 Å². The molecule has 1 aliphatic rings. The lowest BCUT2D eigenvalue weighted by molar-refractivity contribution is -0.143. The van der Waals surface area contributed by atoms with E-state index >= 15 is 0 Å². The van der Waals surface area contributed by atoms with Gasteiger partial charge in [-0.15, -0.1) is 0 Å². The number of benzene rings is 1. The summed E-state index contributed by atoms with van der Waals surface area (Å²) in [5.74, 6) is -1.53. The Morgan fingerprint density at radius 3 is 2.83 bits per heavy atom. The van der Waals surface area contributed by atoms with E-state index in [1.54, 1.807) is 49.5 Å². The van der Waals surface area contributed by atoms with Crippen LogP contribution in [0.15, 0.2) is 42.6 Å².